The van der Waals surface area contributed by atoms with Crippen LogP contribution in [0.1, 0.15) is 68.1 Å². The van der Waals surface area contributed by atoms with Crippen LogP contribution in [-0.2, 0) is 20.5 Å². The Morgan fingerprint density at radius 3 is 2.46 bits per heavy atom. The average molecular weight is 842 g/mol. The van der Waals surface area contributed by atoms with Gasteiger partial charge in [-0.05, 0) is 87.2 Å². The first-order chi connectivity index (χ1) is 29.3. The highest BCUT2D eigenvalue weighted by Crippen LogP contribution is 2.40. The quantitative estimate of drug-likeness (QED) is 0.0969. The van der Waals surface area contributed by atoms with Crippen molar-refractivity contribution < 1.29 is 37.3 Å². The van der Waals surface area contributed by atoms with Crippen LogP contribution in [0.2, 0.25) is 0 Å². The predicted octanol–water partition coefficient (Wildman–Crippen LogP) is 6.31. The van der Waals surface area contributed by atoms with Crippen LogP contribution in [0.4, 0.5) is 36.1 Å². The number of ether oxygens (including phenoxy) is 2. The van der Waals surface area contributed by atoms with Gasteiger partial charge in [0.1, 0.15) is 29.5 Å². The number of benzene rings is 3. The van der Waals surface area contributed by atoms with Crippen LogP contribution in [0.15, 0.2) is 54.7 Å². The first kappa shape index (κ1) is 40.6. The van der Waals surface area contributed by atoms with Crippen molar-refractivity contribution in [2.75, 3.05) is 73.3 Å². The standard InChI is InChI=1S/C44H50F3N9O5/c1-25(27-17-29(44(45,46)47)20-30(48)18-27)49-41-35-21-39(61-33-9-16-60-24-33)38(22-36(35)50-26(2)51-41)55-14-12-54(13-15-55)31-7-10-53(11-8-31)32-3-4-34-28(19-32)23-56(43(34)59)37-5-6-40(57)52-42(37)58/h3-4,17-23,25,31,33,37,59H,5-16,24,48H2,1-2H3,(H,49,50,51)(H,52,57,58)/t25-,33+,37?/m1/s1. The number of anilines is 4. The molecule has 2 amide bonds. The molecule has 17 heteroatoms. The van der Waals surface area contributed by atoms with Crippen molar-refractivity contribution in [3.8, 4) is 11.6 Å². The highest BCUT2D eigenvalue weighted by molar-refractivity contribution is 6.00. The lowest BCUT2D eigenvalue weighted by atomic mass is 10.0. The number of alkyl halides is 3. The van der Waals surface area contributed by atoms with Crippen LogP contribution in [0.3, 0.4) is 0 Å². The van der Waals surface area contributed by atoms with E-state index >= 15 is 0 Å². The molecule has 3 aromatic carbocycles. The zero-order valence-electron chi connectivity index (χ0n) is 34.2. The molecule has 5 aromatic rings. The van der Waals surface area contributed by atoms with Gasteiger partial charge in [-0.2, -0.15) is 13.2 Å². The maximum absolute atomic E-state index is 13.7. The highest BCUT2D eigenvalue weighted by atomic mass is 19.4. The summed E-state index contributed by atoms with van der Waals surface area (Å²) < 4.78 is 54.8. The smallest absolute Gasteiger partial charge is 0.416 e. The normalized spacial score (nSPS) is 21.3. The van der Waals surface area contributed by atoms with Crippen molar-refractivity contribution >= 4 is 56.4 Å². The number of hydrogen-bond acceptors (Lipinski definition) is 12. The summed E-state index contributed by atoms with van der Waals surface area (Å²) >= 11 is 0. The van der Waals surface area contributed by atoms with Gasteiger partial charge in [-0.1, -0.05) is 0 Å². The summed E-state index contributed by atoms with van der Waals surface area (Å²) in [6, 6.07) is 12.8. The minimum atomic E-state index is -4.53. The summed E-state index contributed by atoms with van der Waals surface area (Å²) in [5.74, 6) is 1.04. The number of nitrogens with zero attached hydrogens (tertiary/aromatic N) is 6. The second kappa shape index (κ2) is 16.2. The number of hydrogen-bond donors (Lipinski definition) is 4. The van der Waals surface area contributed by atoms with Crippen LogP contribution in [0.5, 0.6) is 11.6 Å². The highest BCUT2D eigenvalue weighted by Gasteiger charge is 2.34. The molecular weight excluding hydrogens is 792 g/mol. The summed E-state index contributed by atoms with van der Waals surface area (Å²) in [6.07, 6.45) is 0.516. The zero-order chi connectivity index (χ0) is 42.6. The van der Waals surface area contributed by atoms with E-state index < -0.39 is 29.7 Å². The summed E-state index contributed by atoms with van der Waals surface area (Å²) in [4.78, 5) is 41.0. The Hall–Kier alpha value is -5.81. The van der Waals surface area contributed by atoms with Crippen LogP contribution in [0, 0.1) is 6.92 Å². The van der Waals surface area contributed by atoms with Crippen LogP contribution in [0.25, 0.3) is 21.7 Å². The molecule has 4 fully saturated rings. The van der Waals surface area contributed by atoms with E-state index in [0.717, 1.165) is 87.4 Å². The number of carbonyl (C=O) groups excluding carboxylic acids is 2. The number of rotatable bonds is 9. The Morgan fingerprint density at radius 2 is 1.74 bits per heavy atom. The molecule has 4 saturated heterocycles. The molecule has 0 saturated carbocycles. The van der Waals surface area contributed by atoms with Crippen LogP contribution in [-0.4, -0.2) is 101 Å². The first-order valence-electron chi connectivity index (χ1n) is 21.0. The molecule has 2 aromatic heterocycles. The minimum absolute atomic E-state index is 0.0300. The third kappa shape index (κ3) is 8.32. The van der Waals surface area contributed by atoms with Gasteiger partial charge in [-0.15, -0.1) is 0 Å². The fourth-order valence-electron chi connectivity index (χ4n) is 9.29. The third-order valence-corrected chi connectivity index (χ3v) is 12.6. The second-order valence-corrected chi connectivity index (χ2v) is 16.7. The van der Waals surface area contributed by atoms with E-state index in [2.05, 4.69) is 36.4 Å². The van der Waals surface area contributed by atoms with Gasteiger partial charge in [-0.25, -0.2) is 9.97 Å². The van der Waals surface area contributed by atoms with E-state index in [1.807, 2.05) is 24.3 Å². The van der Waals surface area contributed by atoms with Gasteiger partial charge in [0.05, 0.1) is 36.0 Å². The summed E-state index contributed by atoms with van der Waals surface area (Å²) in [7, 11) is 0. The lowest BCUT2D eigenvalue weighted by molar-refractivity contribution is -0.138. The number of piperidine rings is 2. The van der Waals surface area contributed by atoms with Crippen LogP contribution < -0.4 is 30.9 Å². The minimum Gasteiger partial charge on any atom is -0.494 e. The molecule has 1 unspecified atom stereocenters. The lowest BCUT2D eigenvalue weighted by Crippen LogP contribution is -2.53. The molecule has 9 rings (SSSR count). The number of aromatic nitrogens is 3. The molecule has 4 aliphatic rings. The number of piperazine rings is 1. The molecule has 3 atom stereocenters. The lowest BCUT2D eigenvalue weighted by Gasteiger charge is -2.44. The molecule has 4 aliphatic heterocycles. The van der Waals surface area contributed by atoms with Crippen molar-refractivity contribution in [3.05, 3.63) is 71.7 Å². The Kier molecular flexibility index (Phi) is 10.8. The number of nitrogens with two attached hydrogens (primary N) is 1. The number of aromatic hydroxyl groups is 1. The Bertz CT molecular complexity index is 2470. The molecular formula is C44H50F3N9O5. The molecule has 14 nitrogen and oxygen atoms in total. The number of nitrogens with one attached hydrogen (secondary N) is 2. The van der Waals surface area contributed by atoms with Gasteiger partial charge in [0.15, 0.2) is 5.88 Å². The number of amides is 2. The molecule has 322 valence electrons. The molecule has 0 bridgehead atoms. The van der Waals surface area contributed by atoms with E-state index in [-0.39, 0.29) is 30.0 Å². The maximum atomic E-state index is 13.7. The zero-order valence-corrected chi connectivity index (χ0v) is 34.2. The van der Waals surface area contributed by atoms with Gasteiger partial charge in [-0.3, -0.25) is 19.8 Å². The van der Waals surface area contributed by atoms with E-state index in [1.165, 1.54) is 0 Å². The number of aryl methyl sites for hydroxylation is 1. The van der Waals surface area contributed by atoms with E-state index in [1.54, 1.807) is 30.7 Å². The summed E-state index contributed by atoms with van der Waals surface area (Å²) in [6.45, 7) is 9.78. The number of carbonyl (C=O) groups is 2. The second-order valence-electron chi connectivity index (χ2n) is 16.7. The predicted molar refractivity (Wildman–Crippen MR) is 226 cm³/mol. The van der Waals surface area contributed by atoms with Crippen molar-refractivity contribution in [1.82, 2.24) is 24.8 Å². The number of halogens is 3. The molecule has 61 heavy (non-hydrogen) atoms. The fourth-order valence-corrected chi connectivity index (χ4v) is 9.29. The Morgan fingerprint density at radius 1 is 0.951 bits per heavy atom. The fraction of sp³-hybridized carbons (Fsp3) is 0.455. The van der Waals surface area contributed by atoms with Crippen molar-refractivity contribution in [3.63, 3.8) is 0 Å². The van der Waals surface area contributed by atoms with E-state index in [0.29, 0.717) is 64.9 Å². The van der Waals surface area contributed by atoms with Crippen molar-refractivity contribution in [2.45, 2.75) is 76.4 Å². The molecule has 0 radical (unpaired) electrons. The first-order valence-corrected chi connectivity index (χ1v) is 21.0. The van der Waals surface area contributed by atoms with Gasteiger partial charge in [0.25, 0.3) is 0 Å². The number of fused-ring (bicyclic) bond motifs is 2. The van der Waals surface area contributed by atoms with Gasteiger partial charge in [0, 0.05) is 91.9 Å². The summed E-state index contributed by atoms with van der Waals surface area (Å²) in [5, 5.41) is 18.9. The SMILES string of the molecule is Cc1nc(N[C@H](C)c2cc(N)cc(C(F)(F)F)c2)c2cc(O[C@H]3CCOC3)c(N3CCN(C4CCN(c5ccc6c(O)n(C7CCC(=O)NC7=O)cc6c5)CC4)CC3)cc2n1. The monoisotopic (exact) mass is 841 g/mol. The molecule has 0 spiro atoms. The average Bonchev–Trinajstić information content (AvgIpc) is 3.87. The van der Waals surface area contributed by atoms with Crippen LogP contribution >= 0.6 is 0 Å². The maximum Gasteiger partial charge on any atom is 0.416 e. The van der Waals surface area contributed by atoms with Crippen molar-refractivity contribution in [1.29, 1.82) is 0 Å². The van der Waals surface area contributed by atoms with E-state index in [9.17, 15) is 27.9 Å². The van der Waals surface area contributed by atoms with Gasteiger partial charge < -0.3 is 40.0 Å². The largest absolute Gasteiger partial charge is 0.494 e. The third-order valence-electron chi connectivity index (χ3n) is 12.6. The number of nitrogen functional groups attached to an aromatic ring is 1. The molecule has 5 N–H and O–H groups in total. The van der Waals surface area contributed by atoms with Gasteiger partial charge in [0.2, 0.25) is 11.8 Å². The molecule has 6 heterocycles. The van der Waals surface area contributed by atoms with Crippen molar-refractivity contribution in [2.24, 2.45) is 0 Å². The molecule has 0 aliphatic carbocycles. The van der Waals surface area contributed by atoms with Gasteiger partial charge >= 0.3 is 6.18 Å². The van der Waals surface area contributed by atoms with E-state index in [4.69, 9.17) is 20.2 Å². The summed E-state index contributed by atoms with van der Waals surface area (Å²) in [5.41, 5.74) is 8.22. The Labute approximate surface area is 350 Å². The number of imide groups is 1. The Balaban J connectivity index is 0.884. The topological polar surface area (TPSA) is 163 Å².